The summed E-state index contributed by atoms with van der Waals surface area (Å²) >= 11 is 0. The van der Waals surface area contributed by atoms with E-state index in [9.17, 15) is 0 Å². The monoisotopic (exact) mass is 262 g/mol. The molecular formula is C16H26N2O. The second-order valence-electron chi connectivity index (χ2n) is 5.83. The number of hydrogen-bond acceptors (Lipinski definition) is 3. The van der Waals surface area contributed by atoms with Crippen LogP contribution in [0.15, 0.2) is 12.1 Å². The number of benzene rings is 1. The van der Waals surface area contributed by atoms with E-state index in [0.717, 1.165) is 18.7 Å². The minimum atomic E-state index is 0.322. The largest absolute Gasteiger partial charge is 0.496 e. The number of nitrogens with two attached hydrogens (primary N) is 1. The highest BCUT2D eigenvalue weighted by Crippen LogP contribution is 2.27. The lowest BCUT2D eigenvalue weighted by molar-refractivity contribution is 0.217. The first-order valence-electron chi connectivity index (χ1n) is 7.13. The molecule has 0 saturated heterocycles. The van der Waals surface area contributed by atoms with E-state index in [1.807, 2.05) is 0 Å². The highest BCUT2D eigenvalue weighted by atomic mass is 16.5. The summed E-state index contributed by atoms with van der Waals surface area (Å²) in [6.45, 7) is 5.18. The van der Waals surface area contributed by atoms with Crippen LogP contribution in [-0.4, -0.2) is 31.1 Å². The van der Waals surface area contributed by atoms with Gasteiger partial charge in [0, 0.05) is 24.2 Å². The minimum Gasteiger partial charge on any atom is -0.496 e. The van der Waals surface area contributed by atoms with E-state index in [1.165, 1.54) is 29.5 Å². The van der Waals surface area contributed by atoms with Gasteiger partial charge in [-0.05, 0) is 50.9 Å². The van der Waals surface area contributed by atoms with Crippen molar-refractivity contribution < 1.29 is 4.74 Å². The van der Waals surface area contributed by atoms with Crippen molar-refractivity contribution in [3.63, 3.8) is 0 Å². The van der Waals surface area contributed by atoms with Crippen molar-refractivity contribution in [2.45, 2.75) is 51.7 Å². The highest BCUT2D eigenvalue weighted by Gasteiger charge is 2.27. The van der Waals surface area contributed by atoms with E-state index in [0.29, 0.717) is 12.1 Å². The van der Waals surface area contributed by atoms with Gasteiger partial charge in [0.1, 0.15) is 5.75 Å². The van der Waals surface area contributed by atoms with Gasteiger partial charge < -0.3 is 10.5 Å². The molecule has 0 amide bonds. The van der Waals surface area contributed by atoms with Crippen LogP contribution in [-0.2, 0) is 6.54 Å². The van der Waals surface area contributed by atoms with Crippen LogP contribution < -0.4 is 10.5 Å². The zero-order chi connectivity index (χ0) is 14.0. The Kier molecular flexibility index (Phi) is 4.48. The molecule has 2 unspecified atom stereocenters. The van der Waals surface area contributed by atoms with Crippen molar-refractivity contribution in [1.29, 1.82) is 0 Å². The first kappa shape index (κ1) is 14.4. The van der Waals surface area contributed by atoms with Crippen molar-refractivity contribution in [2.75, 3.05) is 14.2 Å². The molecule has 1 aliphatic carbocycles. The lowest BCUT2D eigenvalue weighted by Crippen LogP contribution is -2.41. The molecule has 2 atom stereocenters. The Morgan fingerprint density at radius 2 is 1.95 bits per heavy atom. The predicted molar refractivity (Wildman–Crippen MR) is 79.5 cm³/mol. The van der Waals surface area contributed by atoms with E-state index in [4.69, 9.17) is 10.5 Å². The van der Waals surface area contributed by atoms with E-state index in [2.05, 4.69) is 37.9 Å². The maximum absolute atomic E-state index is 6.19. The number of nitrogens with zero attached hydrogens (tertiary/aromatic N) is 1. The smallest absolute Gasteiger partial charge is 0.123 e. The van der Waals surface area contributed by atoms with Gasteiger partial charge in [0.2, 0.25) is 0 Å². The molecule has 0 spiro atoms. The van der Waals surface area contributed by atoms with Crippen LogP contribution in [0.3, 0.4) is 0 Å². The molecule has 1 aromatic carbocycles. The topological polar surface area (TPSA) is 38.5 Å². The molecular weight excluding hydrogens is 236 g/mol. The molecule has 0 aliphatic heterocycles. The molecule has 3 heteroatoms. The van der Waals surface area contributed by atoms with Crippen molar-refractivity contribution >= 4 is 0 Å². The molecule has 1 saturated carbocycles. The second-order valence-corrected chi connectivity index (χ2v) is 5.83. The van der Waals surface area contributed by atoms with Gasteiger partial charge in [0.25, 0.3) is 0 Å². The van der Waals surface area contributed by atoms with Crippen molar-refractivity contribution in [2.24, 2.45) is 5.73 Å². The highest BCUT2D eigenvalue weighted by molar-refractivity contribution is 5.41. The standard InChI is InChI=1S/C16H26N2O/c1-11-8-13(16(19-4)9-12(11)2)10-18(3)15-7-5-6-14(15)17/h8-9,14-15H,5-7,10,17H2,1-4H3. The Morgan fingerprint density at radius 1 is 1.26 bits per heavy atom. The Bertz CT molecular complexity index is 445. The lowest BCUT2D eigenvalue weighted by atomic mass is 10.0. The molecule has 1 aliphatic rings. The molecule has 2 rings (SSSR count). The van der Waals surface area contributed by atoms with Crippen LogP contribution in [0.25, 0.3) is 0 Å². The Labute approximate surface area is 116 Å². The summed E-state index contributed by atoms with van der Waals surface area (Å²) in [5.41, 5.74) is 10.0. The Balaban J connectivity index is 2.16. The molecule has 1 fully saturated rings. The quantitative estimate of drug-likeness (QED) is 0.906. The number of hydrogen-bond donors (Lipinski definition) is 1. The number of ether oxygens (including phenoxy) is 1. The second kappa shape index (κ2) is 5.93. The van der Waals surface area contributed by atoms with Gasteiger partial charge in [0.05, 0.1) is 7.11 Å². The first-order chi connectivity index (χ1) is 9.02. The number of likely N-dealkylation sites (N-methyl/N-ethyl adjacent to an activating group) is 1. The van der Waals surface area contributed by atoms with Crippen LogP contribution in [0.2, 0.25) is 0 Å². The molecule has 3 nitrogen and oxygen atoms in total. The predicted octanol–water partition coefficient (Wildman–Crippen LogP) is 2.62. The Morgan fingerprint density at radius 3 is 2.53 bits per heavy atom. The molecule has 0 aromatic heterocycles. The molecule has 106 valence electrons. The minimum absolute atomic E-state index is 0.322. The third-order valence-corrected chi connectivity index (χ3v) is 4.41. The maximum Gasteiger partial charge on any atom is 0.123 e. The molecule has 0 bridgehead atoms. The lowest BCUT2D eigenvalue weighted by Gasteiger charge is -2.28. The number of methoxy groups -OCH3 is 1. The fourth-order valence-electron chi connectivity index (χ4n) is 3.07. The van der Waals surface area contributed by atoms with Crippen LogP contribution in [0.5, 0.6) is 5.75 Å². The number of aryl methyl sites for hydroxylation is 2. The summed E-state index contributed by atoms with van der Waals surface area (Å²) in [4.78, 5) is 2.38. The summed E-state index contributed by atoms with van der Waals surface area (Å²) in [5, 5.41) is 0. The summed E-state index contributed by atoms with van der Waals surface area (Å²) in [7, 11) is 3.92. The summed E-state index contributed by atoms with van der Waals surface area (Å²) in [6, 6.07) is 5.20. The normalized spacial score (nSPS) is 23.1. The van der Waals surface area contributed by atoms with Gasteiger partial charge in [-0.25, -0.2) is 0 Å². The zero-order valence-corrected chi connectivity index (χ0v) is 12.6. The van der Waals surface area contributed by atoms with Crippen molar-refractivity contribution in [3.05, 3.63) is 28.8 Å². The van der Waals surface area contributed by atoms with Crippen LogP contribution in [0.1, 0.15) is 36.0 Å². The van der Waals surface area contributed by atoms with Gasteiger partial charge in [-0.3, -0.25) is 4.90 Å². The SMILES string of the molecule is COc1cc(C)c(C)cc1CN(C)C1CCCC1N. The van der Waals surface area contributed by atoms with Gasteiger partial charge in [-0.1, -0.05) is 12.5 Å². The third-order valence-electron chi connectivity index (χ3n) is 4.41. The summed E-state index contributed by atoms with van der Waals surface area (Å²) in [5.74, 6) is 0.988. The van der Waals surface area contributed by atoms with E-state index >= 15 is 0 Å². The average Bonchev–Trinajstić information content (AvgIpc) is 2.79. The molecule has 2 N–H and O–H groups in total. The number of rotatable bonds is 4. The van der Waals surface area contributed by atoms with Crippen molar-refractivity contribution in [3.8, 4) is 5.75 Å². The summed E-state index contributed by atoms with van der Waals surface area (Å²) < 4.78 is 5.51. The molecule has 0 radical (unpaired) electrons. The zero-order valence-electron chi connectivity index (χ0n) is 12.6. The van der Waals surface area contributed by atoms with Crippen LogP contribution in [0.4, 0.5) is 0 Å². The fraction of sp³-hybridized carbons (Fsp3) is 0.625. The molecule has 0 heterocycles. The van der Waals surface area contributed by atoms with E-state index in [1.54, 1.807) is 7.11 Å². The van der Waals surface area contributed by atoms with Crippen LogP contribution >= 0.6 is 0 Å². The van der Waals surface area contributed by atoms with Gasteiger partial charge >= 0.3 is 0 Å². The third kappa shape index (κ3) is 3.10. The van der Waals surface area contributed by atoms with Gasteiger partial charge in [-0.15, -0.1) is 0 Å². The summed E-state index contributed by atoms with van der Waals surface area (Å²) in [6.07, 6.45) is 3.62. The molecule has 1 aromatic rings. The average molecular weight is 262 g/mol. The molecule has 19 heavy (non-hydrogen) atoms. The first-order valence-corrected chi connectivity index (χ1v) is 7.13. The van der Waals surface area contributed by atoms with Crippen LogP contribution in [0, 0.1) is 13.8 Å². The maximum atomic E-state index is 6.19. The fourth-order valence-corrected chi connectivity index (χ4v) is 3.07. The van der Waals surface area contributed by atoms with E-state index in [-0.39, 0.29) is 0 Å². The van der Waals surface area contributed by atoms with Gasteiger partial charge in [-0.2, -0.15) is 0 Å². The van der Waals surface area contributed by atoms with Crippen molar-refractivity contribution in [1.82, 2.24) is 4.90 Å². The Hall–Kier alpha value is -1.06. The van der Waals surface area contributed by atoms with E-state index < -0.39 is 0 Å². The van der Waals surface area contributed by atoms with Gasteiger partial charge in [0.15, 0.2) is 0 Å².